The maximum Gasteiger partial charge on any atom is 0.310 e. The highest BCUT2D eigenvalue weighted by molar-refractivity contribution is 5.83. The van der Waals surface area contributed by atoms with E-state index in [4.69, 9.17) is 9.47 Å². The lowest BCUT2D eigenvalue weighted by atomic mass is 10.0. The summed E-state index contributed by atoms with van der Waals surface area (Å²) in [5, 5.41) is 36.0. The Morgan fingerprint density at radius 2 is 1.86 bits per heavy atom. The Labute approximate surface area is 211 Å². The lowest BCUT2D eigenvalue weighted by Gasteiger charge is -2.19. The quantitative estimate of drug-likeness (QED) is 0.228. The number of ether oxygens (including phenoxy) is 2. The van der Waals surface area contributed by atoms with Crippen molar-refractivity contribution in [3.63, 3.8) is 0 Å². The van der Waals surface area contributed by atoms with Crippen LogP contribution in [-0.4, -0.2) is 59.6 Å². The number of para-hydroxylation sites is 2. The van der Waals surface area contributed by atoms with Gasteiger partial charge in [-0.2, -0.15) is 0 Å². The predicted octanol–water partition coefficient (Wildman–Crippen LogP) is 3.00. The van der Waals surface area contributed by atoms with Gasteiger partial charge in [0.05, 0.1) is 17.3 Å². The van der Waals surface area contributed by atoms with E-state index in [2.05, 4.69) is 27.2 Å². The minimum Gasteiger partial charge on any atom is -0.484 e. The van der Waals surface area contributed by atoms with Crippen LogP contribution in [0.3, 0.4) is 0 Å². The maximum absolute atomic E-state index is 11.2. The lowest BCUT2D eigenvalue weighted by molar-refractivity contribution is -0.386. The van der Waals surface area contributed by atoms with Crippen LogP contribution < -0.4 is 10.1 Å². The van der Waals surface area contributed by atoms with Crippen molar-refractivity contribution in [3.8, 4) is 5.75 Å². The first-order valence-corrected chi connectivity index (χ1v) is 11.8. The van der Waals surface area contributed by atoms with Crippen LogP contribution in [0, 0.1) is 10.1 Å². The van der Waals surface area contributed by atoms with Gasteiger partial charge in [-0.3, -0.25) is 14.7 Å². The molecule has 3 N–H and O–H groups in total. The number of nitrogens with zero attached hydrogens (tertiary/aromatic N) is 5. The SMILES string of the molecule is CC[C@@H](Nc1ncnc2c1ncn2[C@@H]1O[C@H](COc2ccccc2[N+](=O)[O-])C(O)[C@@H]1O)c1ccccc1. The number of imidazole rings is 1. The van der Waals surface area contributed by atoms with Gasteiger partial charge in [0.25, 0.3) is 0 Å². The molecule has 1 saturated heterocycles. The molecule has 1 fully saturated rings. The lowest BCUT2D eigenvalue weighted by Crippen LogP contribution is -2.34. The molecule has 2 aromatic carbocycles. The highest BCUT2D eigenvalue weighted by Crippen LogP contribution is 2.34. The maximum atomic E-state index is 11.2. The van der Waals surface area contributed by atoms with E-state index in [1.807, 2.05) is 30.3 Å². The number of rotatable bonds is 9. The Balaban J connectivity index is 1.35. The van der Waals surface area contributed by atoms with E-state index in [9.17, 15) is 20.3 Å². The van der Waals surface area contributed by atoms with Crippen molar-refractivity contribution in [3.05, 3.63) is 82.9 Å². The predicted molar refractivity (Wildman–Crippen MR) is 133 cm³/mol. The Kier molecular flexibility index (Phi) is 6.95. The van der Waals surface area contributed by atoms with Crippen molar-refractivity contribution >= 4 is 22.7 Å². The average Bonchev–Trinajstić information content (AvgIpc) is 3.47. The fraction of sp³-hybridized carbons (Fsp3) is 0.320. The van der Waals surface area contributed by atoms with Crippen molar-refractivity contribution in [2.75, 3.05) is 11.9 Å². The van der Waals surface area contributed by atoms with Crippen molar-refractivity contribution < 1.29 is 24.6 Å². The number of hydrogen-bond acceptors (Lipinski definition) is 10. The minimum atomic E-state index is -1.31. The molecule has 5 rings (SSSR count). The molecule has 37 heavy (non-hydrogen) atoms. The standard InChI is InChI=1S/C25H26N6O6/c1-2-16(15-8-4-3-5-9-15)29-23-20-24(27-13-26-23)30(14-28-20)25-22(33)21(32)19(37-25)12-36-18-11-7-6-10-17(18)31(34)35/h3-11,13-14,16,19,21-22,25,32-33H,2,12H2,1H3,(H,26,27,29)/t16-,19-,21?,22+,25-/m1/s1. The number of hydrogen-bond donors (Lipinski definition) is 3. The molecule has 5 atom stereocenters. The van der Waals surface area contributed by atoms with Crippen LogP contribution in [0.5, 0.6) is 5.75 Å². The van der Waals surface area contributed by atoms with Crippen LogP contribution in [0.25, 0.3) is 11.2 Å². The van der Waals surface area contributed by atoms with Gasteiger partial charge in [-0.05, 0) is 18.1 Å². The molecule has 12 heteroatoms. The molecule has 0 bridgehead atoms. The van der Waals surface area contributed by atoms with Crippen LogP contribution in [0.2, 0.25) is 0 Å². The Bertz CT molecular complexity index is 1380. The molecule has 3 heterocycles. The van der Waals surface area contributed by atoms with E-state index in [0.29, 0.717) is 17.0 Å². The fourth-order valence-electron chi connectivity index (χ4n) is 4.41. The molecule has 1 aliphatic rings. The Hall–Kier alpha value is -4.13. The van der Waals surface area contributed by atoms with Gasteiger partial charge in [0.2, 0.25) is 0 Å². The zero-order valence-electron chi connectivity index (χ0n) is 19.9. The second-order valence-electron chi connectivity index (χ2n) is 8.64. The summed E-state index contributed by atoms with van der Waals surface area (Å²) in [6.45, 7) is 1.86. The first kappa shape index (κ1) is 24.6. The molecule has 1 unspecified atom stereocenters. The molecule has 0 aliphatic carbocycles. The molecule has 2 aromatic heterocycles. The molecule has 0 radical (unpaired) electrons. The van der Waals surface area contributed by atoms with Crippen molar-refractivity contribution in [2.45, 2.75) is 43.9 Å². The van der Waals surface area contributed by atoms with E-state index < -0.39 is 29.5 Å². The first-order valence-electron chi connectivity index (χ1n) is 11.8. The van der Waals surface area contributed by atoms with Gasteiger partial charge < -0.3 is 25.0 Å². The number of anilines is 1. The first-order chi connectivity index (χ1) is 18.0. The normalized spacial score (nSPS) is 22.1. The summed E-state index contributed by atoms with van der Waals surface area (Å²) in [5.41, 5.74) is 1.80. The Morgan fingerprint density at radius 3 is 2.62 bits per heavy atom. The van der Waals surface area contributed by atoms with Crippen LogP contribution in [-0.2, 0) is 4.74 Å². The summed E-state index contributed by atoms with van der Waals surface area (Å²) in [4.78, 5) is 23.8. The van der Waals surface area contributed by atoms with Crippen molar-refractivity contribution in [2.24, 2.45) is 0 Å². The van der Waals surface area contributed by atoms with Gasteiger partial charge in [0.15, 0.2) is 29.0 Å². The fourth-order valence-corrected chi connectivity index (χ4v) is 4.41. The summed E-state index contributed by atoms with van der Waals surface area (Å²) in [7, 11) is 0. The average molecular weight is 507 g/mol. The smallest absolute Gasteiger partial charge is 0.310 e. The third-order valence-corrected chi connectivity index (χ3v) is 6.36. The summed E-state index contributed by atoms with van der Waals surface area (Å²) < 4.78 is 13.0. The van der Waals surface area contributed by atoms with Crippen LogP contribution in [0.15, 0.2) is 67.3 Å². The largest absolute Gasteiger partial charge is 0.484 e. The van der Waals surface area contributed by atoms with Crippen LogP contribution in [0.4, 0.5) is 11.5 Å². The monoisotopic (exact) mass is 506 g/mol. The van der Waals surface area contributed by atoms with Gasteiger partial charge in [-0.15, -0.1) is 0 Å². The number of aromatic nitrogens is 4. The van der Waals surface area contributed by atoms with Gasteiger partial charge in [0.1, 0.15) is 31.2 Å². The summed E-state index contributed by atoms with van der Waals surface area (Å²) >= 11 is 0. The summed E-state index contributed by atoms with van der Waals surface area (Å²) in [6, 6.07) is 15.9. The van der Waals surface area contributed by atoms with E-state index in [1.165, 1.54) is 35.4 Å². The van der Waals surface area contributed by atoms with Gasteiger partial charge in [-0.1, -0.05) is 49.4 Å². The number of aliphatic hydroxyl groups is 2. The van der Waals surface area contributed by atoms with Crippen LogP contribution in [0.1, 0.15) is 31.2 Å². The van der Waals surface area contributed by atoms with Gasteiger partial charge >= 0.3 is 5.69 Å². The molecule has 1 aliphatic heterocycles. The van der Waals surface area contributed by atoms with Crippen LogP contribution >= 0.6 is 0 Å². The van der Waals surface area contributed by atoms with E-state index in [0.717, 1.165) is 12.0 Å². The summed E-state index contributed by atoms with van der Waals surface area (Å²) in [5.74, 6) is 0.574. The zero-order valence-corrected chi connectivity index (χ0v) is 19.9. The van der Waals surface area contributed by atoms with Gasteiger partial charge in [0, 0.05) is 6.07 Å². The minimum absolute atomic E-state index is 0.00293. The number of benzene rings is 2. The second kappa shape index (κ2) is 10.5. The van der Waals surface area contributed by atoms with E-state index >= 15 is 0 Å². The molecular formula is C25H26N6O6. The molecular weight excluding hydrogens is 480 g/mol. The third-order valence-electron chi connectivity index (χ3n) is 6.36. The highest BCUT2D eigenvalue weighted by Gasteiger charge is 2.45. The molecule has 4 aromatic rings. The summed E-state index contributed by atoms with van der Waals surface area (Å²) in [6.07, 6.45) is -0.873. The van der Waals surface area contributed by atoms with E-state index in [-0.39, 0.29) is 24.1 Å². The molecule has 0 spiro atoms. The number of fused-ring (bicyclic) bond motifs is 1. The molecule has 12 nitrogen and oxygen atoms in total. The molecule has 0 amide bonds. The second-order valence-corrected chi connectivity index (χ2v) is 8.64. The number of nitro groups is 1. The topological polar surface area (TPSA) is 158 Å². The zero-order chi connectivity index (χ0) is 25.9. The third kappa shape index (κ3) is 4.81. The van der Waals surface area contributed by atoms with Gasteiger partial charge in [-0.25, -0.2) is 15.0 Å². The Morgan fingerprint density at radius 1 is 1.11 bits per heavy atom. The number of nitrogens with one attached hydrogen (secondary N) is 1. The van der Waals surface area contributed by atoms with E-state index in [1.54, 1.807) is 6.07 Å². The number of nitro benzene ring substituents is 1. The van der Waals surface area contributed by atoms with Crippen molar-refractivity contribution in [1.82, 2.24) is 19.5 Å². The van der Waals surface area contributed by atoms with Crippen molar-refractivity contribution in [1.29, 1.82) is 0 Å². The number of aliphatic hydroxyl groups excluding tert-OH is 2. The molecule has 0 saturated carbocycles. The molecule has 192 valence electrons. The highest BCUT2D eigenvalue weighted by atomic mass is 16.6.